The van der Waals surface area contributed by atoms with Crippen molar-refractivity contribution >= 4 is 17.4 Å². The molecule has 0 aliphatic carbocycles. The van der Waals surface area contributed by atoms with Gasteiger partial charge in [0, 0.05) is 14.1 Å². The lowest BCUT2D eigenvalue weighted by atomic mass is 10.1. The lowest BCUT2D eigenvalue weighted by Gasteiger charge is -2.30. The van der Waals surface area contributed by atoms with E-state index in [4.69, 9.17) is 40.6 Å². The zero-order chi connectivity index (χ0) is 17.0. The summed E-state index contributed by atoms with van der Waals surface area (Å²) in [6, 6.07) is 0. The standard InChI is InChI=1S/C15H25NO6S/c1-14(2)17-7-8(20-14)9-10(19-13(23)16(5)6)11-12(18-9)22-15(3,4)21-11/h8-12H,7H2,1-6H3/t8-,9-,10+,11-,12-/m1/s1. The Labute approximate surface area is 142 Å². The van der Waals surface area contributed by atoms with Crippen molar-refractivity contribution < 1.29 is 28.4 Å². The van der Waals surface area contributed by atoms with Gasteiger partial charge >= 0.3 is 0 Å². The van der Waals surface area contributed by atoms with Gasteiger partial charge in [-0.05, 0) is 39.9 Å². The Morgan fingerprint density at radius 2 is 1.74 bits per heavy atom. The number of thiocarbonyl (C=S) groups is 1. The molecule has 0 spiro atoms. The molecular weight excluding hydrogens is 322 g/mol. The quantitative estimate of drug-likeness (QED) is 0.692. The predicted octanol–water partition coefficient (Wildman–Crippen LogP) is 1.25. The van der Waals surface area contributed by atoms with Crippen molar-refractivity contribution in [3.8, 4) is 0 Å². The SMILES string of the molecule is CN(C)C(=S)O[C@@H]1[C@H]2OC(C)(C)O[C@H]2O[C@@H]1[C@H]1COC(C)(C)O1. The van der Waals surface area contributed by atoms with Crippen LogP contribution in [0.3, 0.4) is 0 Å². The highest BCUT2D eigenvalue weighted by Crippen LogP contribution is 2.42. The molecule has 0 aromatic rings. The van der Waals surface area contributed by atoms with Crippen LogP contribution in [0.25, 0.3) is 0 Å². The molecule has 0 aromatic heterocycles. The van der Waals surface area contributed by atoms with E-state index in [-0.39, 0.29) is 18.3 Å². The number of hydrogen-bond acceptors (Lipinski definition) is 7. The van der Waals surface area contributed by atoms with E-state index in [1.165, 1.54) is 0 Å². The van der Waals surface area contributed by atoms with E-state index in [1.54, 1.807) is 4.90 Å². The van der Waals surface area contributed by atoms with Crippen LogP contribution in [0.4, 0.5) is 0 Å². The van der Waals surface area contributed by atoms with Gasteiger partial charge in [-0.15, -0.1) is 0 Å². The Hall–Kier alpha value is -0.510. The van der Waals surface area contributed by atoms with Gasteiger partial charge in [0.1, 0.15) is 12.2 Å². The van der Waals surface area contributed by atoms with Crippen LogP contribution >= 0.6 is 12.2 Å². The fraction of sp³-hybridized carbons (Fsp3) is 0.933. The minimum atomic E-state index is -0.714. The van der Waals surface area contributed by atoms with Crippen molar-refractivity contribution in [3.05, 3.63) is 0 Å². The van der Waals surface area contributed by atoms with Crippen LogP contribution in [0, 0.1) is 0 Å². The number of fused-ring (bicyclic) bond motifs is 1. The topological polar surface area (TPSA) is 58.6 Å². The molecular formula is C15H25NO6S. The molecule has 23 heavy (non-hydrogen) atoms. The van der Waals surface area contributed by atoms with Crippen LogP contribution in [0.15, 0.2) is 0 Å². The van der Waals surface area contributed by atoms with Gasteiger partial charge in [-0.2, -0.15) is 0 Å². The van der Waals surface area contributed by atoms with Gasteiger partial charge in [0.15, 0.2) is 30.1 Å². The third-order valence-corrected chi connectivity index (χ3v) is 4.49. The van der Waals surface area contributed by atoms with Crippen molar-refractivity contribution in [2.45, 2.75) is 70.0 Å². The molecule has 3 aliphatic heterocycles. The summed E-state index contributed by atoms with van der Waals surface area (Å²) in [5.74, 6) is -1.35. The second-order valence-corrected chi connectivity index (χ2v) is 7.53. The van der Waals surface area contributed by atoms with Gasteiger partial charge in [0.05, 0.1) is 6.61 Å². The molecule has 3 aliphatic rings. The molecule has 8 heteroatoms. The summed E-state index contributed by atoms with van der Waals surface area (Å²) >= 11 is 5.28. The molecule has 0 saturated carbocycles. The smallest absolute Gasteiger partial charge is 0.259 e. The van der Waals surface area contributed by atoms with Crippen LogP contribution in [0.2, 0.25) is 0 Å². The molecule has 3 heterocycles. The first kappa shape index (κ1) is 17.3. The highest BCUT2D eigenvalue weighted by Gasteiger charge is 2.59. The van der Waals surface area contributed by atoms with Gasteiger partial charge in [0.2, 0.25) is 0 Å². The number of nitrogens with zero attached hydrogens (tertiary/aromatic N) is 1. The van der Waals surface area contributed by atoms with E-state index in [9.17, 15) is 0 Å². The Balaban J connectivity index is 1.77. The predicted molar refractivity (Wildman–Crippen MR) is 84.8 cm³/mol. The number of ether oxygens (including phenoxy) is 6. The van der Waals surface area contributed by atoms with Gasteiger partial charge in [-0.25, -0.2) is 0 Å². The van der Waals surface area contributed by atoms with Crippen LogP contribution in [-0.4, -0.2) is 73.1 Å². The van der Waals surface area contributed by atoms with Gasteiger partial charge in [-0.3, -0.25) is 0 Å². The zero-order valence-corrected chi connectivity index (χ0v) is 15.2. The molecule has 3 rings (SSSR count). The van der Waals surface area contributed by atoms with E-state index in [2.05, 4.69) is 0 Å². The minimum Gasteiger partial charge on any atom is -0.462 e. The van der Waals surface area contributed by atoms with Crippen molar-refractivity contribution in [1.29, 1.82) is 0 Å². The Morgan fingerprint density at radius 1 is 1.04 bits per heavy atom. The third kappa shape index (κ3) is 3.47. The molecule has 0 bridgehead atoms. The minimum absolute atomic E-state index is 0.263. The Bertz CT molecular complexity index is 483. The van der Waals surface area contributed by atoms with Crippen molar-refractivity contribution in [2.24, 2.45) is 0 Å². The van der Waals surface area contributed by atoms with Crippen molar-refractivity contribution in [1.82, 2.24) is 4.90 Å². The Kier molecular flexibility index (Phi) is 4.36. The first-order valence-electron chi connectivity index (χ1n) is 7.79. The maximum Gasteiger partial charge on any atom is 0.259 e. The van der Waals surface area contributed by atoms with Gasteiger partial charge in [0.25, 0.3) is 5.17 Å². The van der Waals surface area contributed by atoms with E-state index in [1.807, 2.05) is 41.8 Å². The van der Waals surface area contributed by atoms with Crippen molar-refractivity contribution in [3.63, 3.8) is 0 Å². The first-order valence-corrected chi connectivity index (χ1v) is 8.20. The second kappa shape index (κ2) is 5.79. The molecule has 3 saturated heterocycles. The summed E-state index contributed by atoms with van der Waals surface area (Å²) in [5, 5.41) is 0.371. The largest absolute Gasteiger partial charge is 0.462 e. The molecule has 0 N–H and O–H groups in total. The number of hydrogen-bond donors (Lipinski definition) is 0. The summed E-state index contributed by atoms with van der Waals surface area (Å²) in [7, 11) is 3.66. The van der Waals surface area contributed by atoms with Crippen molar-refractivity contribution in [2.75, 3.05) is 20.7 Å². The van der Waals surface area contributed by atoms with E-state index >= 15 is 0 Å². The normalized spacial score (nSPS) is 40.9. The monoisotopic (exact) mass is 347 g/mol. The van der Waals surface area contributed by atoms with Crippen LogP contribution in [-0.2, 0) is 28.4 Å². The maximum atomic E-state index is 6.04. The van der Waals surface area contributed by atoms with Crippen LogP contribution < -0.4 is 0 Å². The highest BCUT2D eigenvalue weighted by atomic mass is 32.1. The van der Waals surface area contributed by atoms with Gasteiger partial charge < -0.3 is 33.3 Å². The van der Waals surface area contributed by atoms with E-state index in [0.717, 1.165) is 0 Å². The molecule has 0 radical (unpaired) electrons. The van der Waals surface area contributed by atoms with Crippen LogP contribution in [0.1, 0.15) is 27.7 Å². The zero-order valence-electron chi connectivity index (χ0n) is 14.4. The van der Waals surface area contributed by atoms with E-state index < -0.39 is 24.0 Å². The third-order valence-electron chi connectivity index (χ3n) is 4.03. The first-order chi connectivity index (χ1) is 10.6. The van der Waals surface area contributed by atoms with Gasteiger partial charge in [-0.1, -0.05) is 0 Å². The lowest BCUT2D eigenvalue weighted by molar-refractivity contribution is -0.231. The second-order valence-electron chi connectivity index (χ2n) is 7.18. The van der Waals surface area contributed by atoms with Crippen LogP contribution in [0.5, 0.6) is 0 Å². The molecule has 7 nitrogen and oxygen atoms in total. The molecule has 132 valence electrons. The fourth-order valence-electron chi connectivity index (χ4n) is 3.04. The summed E-state index contributed by atoms with van der Waals surface area (Å²) in [5.41, 5.74) is 0. The summed E-state index contributed by atoms with van der Waals surface area (Å²) in [6.07, 6.45) is -1.92. The summed E-state index contributed by atoms with van der Waals surface area (Å²) in [6.45, 7) is 7.88. The van der Waals surface area contributed by atoms with E-state index in [0.29, 0.717) is 11.8 Å². The average molecular weight is 347 g/mol. The maximum absolute atomic E-state index is 6.04. The fourth-order valence-corrected chi connectivity index (χ4v) is 3.15. The highest BCUT2D eigenvalue weighted by molar-refractivity contribution is 7.80. The lowest BCUT2D eigenvalue weighted by Crippen LogP contribution is -2.46. The molecule has 5 atom stereocenters. The molecule has 0 amide bonds. The summed E-state index contributed by atoms with van der Waals surface area (Å²) in [4.78, 5) is 1.73. The molecule has 0 aromatic carbocycles. The average Bonchev–Trinajstić information content (AvgIpc) is 3.01. The molecule has 3 fully saturated rings. The molecule has 0 unspecified atom stereocenters. The summed E-state index contributed by atoms with van der Waals surface area (Å²) < 4.78 is 35.3. The Morgan fingerprint density at radius 3 is 2.30 bits per heavy atom. The number of rotatable bonds is 2.